The van der Waals surface area contributed by atoms with Crippen molar-refractivity contribution in [3.05, 3.63) is 35.4 Å². The van der Waals surface area contributed by atoms with Gasteiger partial charge in [-0.1, -0.05) is 24.3 Å². The van der Waals surface area contributed by atoms with Crippen LogP contribution in [0.5, 0.6) is 0 Å². The first-order valence-electron chi connectivity index (χ1n) is 7.85. The summed E-state index contributed by atoms with van der Waals surface area (Å²) < 4.78 is 5.09. The van der Waals surface area contributed by atoms with Crippen LogP contribution >= 0.6 is 0 Å². The van der Waals surface area contributed by atoms with Crippen molar-refractivity contribution < 1.29 is 9.53 Å². The van der Waals surface area contributed by atoms with E-state index in [0.717, 1.165) is 39.0 Å². The van der Waals surface area contributed by atoms with Crippen LogP contribution in [0.3, 0.4) is 0 Å². The summed E-state index contributed by atoms with van der Waals surface area (Å²) >= 11 is 0. The Labute approximate surface area is 127 Å². The minimum Gasteiger partial charge on any atom is -0.380 e. The number of methoxy groups -OCH3 is 1. The molecule has 1 heterocycles. The Balaban J connectivity index is 1.63. The Morgan fingerprint density at radius 1 is 1.14 bits per heavy atom. The summed E-state index contributed by atoms with van der Waals surface area (Å²) in [5, 5.41) is 3.34. The fraction of sp³-hybridized carbons (Fsp3) is 0.588. The van der Waals surface area contributed by atoms with E-state index in [1.54, 1.807) is 7.11 Å². The number of piperidine rings is 1. The summed E-state index contributed by atoms with van der Waals surface area (Å²) in [6.45, 7) is 4.09. The molecule has 0 atom stereocenters. The SMILES string of the molecule is COCc1ccc(CNCCC(=O)N2CCCCC2)cc1. The standard InChI is InChI=1S/C17H26N2O2/c1-21-14-16-7-5-15(6-8-16)13-18-10-9-17(20)19-11-3-2-4-12-19/h5-8,18H,2-4,9-14H2,1H3. The van der Waals surface area contributed by atoms with Gasteiger partial charge in [-0.15, -0.1) is 0 Å². The summed E-state index contributed by atoms with van der Waals surface area (Å²) in [5.74, 6) is 0.289. The molecule has 4 heteroatoms. The Hall–Kier alpha value is -1.39. The van der Waals surface area contributed by atoms with Crippen molar-refractivity contribution in [1.29, 1.82) is 0 Å². The number of rotatable bonds is 7. The van der Waals surface area contributed by atoms with Crippen LogP contribution in [0.15, 0.2) is 24.3 Å². The van der Waals surface area contributed by atoms with Crippen molar-refractivity contribution in [3.8, 4) is 0 Å². The second-order valence-corrected chi connectivity index (χ2v) is 5.62. The van der Waals surface area contributed by atoms with Crippen molar-refractivity contribution in [2.75, 3.05) is 26.7 Å². The van der Waals surface area contributed by atoms with Crippen molar-refractivity contribution >= 4 is 5.91 Å². The average Bonchev–Trinajstić information content (AvgIpc) is 2.54. The molecular weight excluding hydrogens is 264 g/mol. The predicted octanol–water partition coefficient (Wildman–Crippen LogP) is 2.33. The molecule has 21 heavy (non-hydrogen) atoms. The number of carbonyl (C=O) groups excluding carboxylic acids is 1. The molecule has 2 rings (SSSR count). The molecule has 4 nitrogen and oxygen atoms in total. The van der Waals surface area contributed by atoms with Crippen LogP contribution in [-0.4, -0.2) is 37.6 Å². The number of benzene rings is 1. The van der Waals surface area contributed by atoms with Gasteiger partial charge in [-0.3, -0.25) is 4.79 Å². The molecule has 1 aromatic rings. The fourth-order valence-corrected chi connectivity index (χ4v) is 2.65. The predicted molar refractivity (Wildman–Crippen MR) is 83.9 cm³/mol. The monoisotopic (exact) mass is 290 g/mol. The van der Waals surface area contributed by atoms with Crippen molar-refractivity contribution in [2.24, 2.45) is 0 Å². The highest BCUT2D eigenvalue weighted by Gasteiger charge is 2.15. The summed E-state index contributed by atoms with van der Waals surface area (Å²) in [6, 6.07) is 8.38. The number of nitrogens with one attached hydrogen (secondary N) is 1. The first kappa shape index (κ1) is 16.0. The van der Waals surface area contributed by atoms with Crippen molar-refractivity contribution in [1.82, 2.24) is 10.2 Å². The van der Waals surface area contributed by atoms with Crippen molar-refractivity contribution in [2.45, 2.75) is 38.8 Å². The summed E-state index contributed by atoms with van der Waals surface area (Å²) in [5.41, 5.74) is 2.42. The fourth-order valence-electron chi connectivity index (χ4n) is 2.65. The van der Waals surface area contributed by atoms with Crippen LogP contribution in [0.2, 0.25) is 0 Å². The minimum atomic E-state index is 0.289. The van der Waals surface area contributed by atoms with Crippen LogP contribution in [0.4, 0.5) is 0 Å². The van der Waals surface area contributed by atoms with Gasteiger partial charge in [0.25, 0.3) is 0 Å². The quantitative estimate of drug-likeness (QED) is 0.784. The van der Waals surface area contributed by atoms with E-state index >= 15 is 0 Å². The zero-order chi connectivity index (χ0) is 14.9. The van der Waals surface area contributed by atoms with Crippen LogP contribution in [0.25, 0.3) is 0 Å². The molecule has 1 amide bonds. The lowest BCUT2D eigenvalue weighted by atomic mass is 10.1. The zero-order valence-corrected chi connectivity index (χ0v) is 12.9. The number of amides is 1. The van der Waals surface area contributed by atoms with Crippen molar-refractivity contribution in [3.63, 3.8) is 0 Å². The smallest absolute Gasteiger partial charge is 0.223 e. The molecule has 1 saturated heterocycles. The third-order valence-electron chi connectivity index (χ3n) is 3.89. The number of ether oxygens (including phenoxy) is 1. The molecule has 0 unspecified atom stereocenters. The Kier molecular flexibility index (Phi) is 6.70. The Morgan fingerprint density at radius 2 is 1.81 bits per heavy atom. The van der Waals surface area contributed by atoms with Gasteiger partial charge in [0.1, 0.15) is 0 Å². The van der Waals surface area contributed by atoms with Gasteiger partial charge in [0.05, 0.1) is 6.61 Å². The minimum absolute atomic E-state index is 0.289. The highest BCUT2D eigenvalue weighted by atomic mass is 16.5. The lowest BCUT2D eigenvalue weighted by Gasteiger charge is -2.26. The third kappa shape index (κ3) is 5.48. The number of likely N-dealkylation sites (tertiary alicyclic amines) is 1. The van der Waals surface area contributed by atoms with E-state index in [1.807, 2.05) is 4.90 Å². The highest BCUT2D eigenvalue weighted by Crippen LogP contribution is 2.09. The topological polar surface area (TPSA) is 41.6 Å². The van der Waals surface area contributed by atoms with E-state index in [-0.39, 0.29) is 5.91 Å². The number of hydrogen-bond donors (Lipinski definition) is 1. The molecule has 1 fully saturated rings. The molecule has 0 spiro atoms. The average molecular weight is 290 g/mol. The first-order chi connectivity index (χ1) is 10.3. The second kappa shape index (κ2) is 8.80. The van der Waals surface area contributed by atoms with Gasteiger partial charge < -0.3 is 15.0 Å². The van der Waals surface area contributed by atoms with E-state index < -0.39 is 0 Å². The molecule has 0 aromatic heterocycles. The van der Waals surface area contributed by atoms with E-state index in [9.17, 15) is 4.79 Å². The van der Waals surface area contributed by atoms with Gasteiger partial charge >= 0.3 is 0 Å². The van der Waals surface area contributed by atoms with E-state index in [0.29, 0.717) is 13.0 Å². The molecular formula is C17H26N2O2. The third-order valence-corrected chi connectivity index (χ3v) is 3.89. The van der Waals surface area contributed by atoms with E-state index in [1.165, 1.54) is 17.5 Å². The highest BCUT2D eigenvalue weighted by molar-refractivity contribution is 5.76. The maximum absolute atomic E-state index is 12.0. The lowest BCUT2D eigenvalue weighted by molar-refractivity contribution is -0.131. The number of nitrogens with zero attached hydrogens (tertiary/aromatic N) is 1. The van der Waals surface area contributed by atoms with Gasteiger partial charge in [-0.25, -0.2) is 0 Å². The summed E-state index contributed by atoms with van der Waals surface area (Å²) in [6.07, 6.45) is 4.18. The summed E-state index contributed by atoms with van der Waals surface area (Å²) in [7, 11) is 1.70. The van der Waals surface area contributed by atoms with Crippen LogP contribution in [0.1, 0.15) is 36.8 Å². The molecule has 0 aliphatic carbocycles. The molecule has 1 aliphatic heterocycles. The lowest BCUT2D eigenvalue weighted by Crippen LogP contribution is -2.37. The Morgan fingerprint density at radius 3 is 2.48 bits per heavy atom. The first-order valence-corrected chi connectivity index (χ1v) is 7.85. The number of hydrogen-bond acceptors (Lipinski definition) is 3. The molecule has 1 N–H and O–H groups in total. The second-order valence-electron chi connectivity index (χ2n) is 5.62. The number of carbonyl (C=O) groups is 1. The van der Waals surface area contributed by atoms with Gasteiger partial charge in [-0.05, 0) is 30.4 Å². The normalized spacial score (nSPS) is 15.2. The van der Waals surface area contributed by atoms with Crippen LogP contribution in [0, 0.1) is 0 Å². The molecule has 1 aromatic carbocycles. The maximum atomic E-state index is 12.0. The van der Waals surface area contributed by atoms with Gasteiger partial charge in [-0.2, -0.15) is 0 Å². The molecule has 0 radical (unpaired) electrons. The Bertz CT molecular complexity index is 425. The van der Waals surface area contributed by atoms with Crippen LogP contribution in [-0.2, 0) is 22.7 Å². The van der Waals surface area contributed by atoms with Gasteiger partial charge in [0, 0.05) is 39.7 Å². The molecule has 116 valence electrons. The van der Waals surface area contributed by atoms with Gasteiger partial charge in [0.15, 0.2) is 0 Å². The zero-order valence-electron chi connectivity index (χ0n) is 12.9. The molecule has 0 bridgehead atoms. The van der Waals surface area contributed by atoms with Crippen LogP contribution < -0.4 is 5.32 Å². The van der Waals surface area contributed by atoms with E-state index in [4.69, 9.17) is 4.74 Å². The van der Waals surface area contributed by atoms with E-state index in [2.05, 4.69) is 29.6 Å². The summed E-state index contributed by atoms with van der Waals surface area (Å²) in [4.78, 5) is 14.0. The largest absolute Gasteiger partial charge is 0.380 e. The van der Waals surface area contributed by atoms with Gasteiger partial charge in [0.2, 0.25) is 5.91 Å². The molecule has 0 saturated carbocycles. The maximum Gasteiger partial charge on any atom is 0.223 e. The molecule has 1 aliphatic rings.